The van der Waals surface area contributed by atoms with Gasteiger partial charge in [-0.05, 0) is 41.8 Å². The Morgan fingerprint density at radius 2 is 2.05 bits per heavy atom. The maximum absolute atomic E-state index is 13.2. The first kappa shape index (κ1) is 14.4. The van der Waals surface area contributed by atoms with Crippen LogP contribution >= 0.6 is 11.6 Å². The minimum absolute atomic E-state index is 0.0476. The van der Waals surface area contributed by atoms with Gasteiger partial charge in [0, 0.05) is 17.3 Å². The number of fused-ring (bicyclic) bond motifs is 1. The first-order chi connectivity index (χ1) is 10.6. The van der Waals surface area contributed by atoms with Crippen molar-refractivity contribution in [2.45, 2.75) is 0 Å². The van der Waals surface area contributed by atoms with Crippen molar-refractivity contribution in [3.8, 4) is 5.75 Å². The number of hydrogen-bond acceptors (Lipinski definition) is 4. The molecule has 0 saturated heterocycles. The molecule has 0 spiro atoms. The summed E-state index contributed by atoms with van der Waals surface area (Å²) in [5.41, 5.74) is 7.11. The second kappa shape index (κ2) is 5.69. The fourth-order valence-electron chi connectivity index (χ4n) is 2.20. The second-order valence-corrected chi connectivity index (χ2v) is 5.14. The van der Waals surface area contributed by atoms with Crippen LogP contribution in [0.1, 0.15) is 0 Å². The van der Waals surface area contributed by atoms with E-state index < -0.39 is 5.82 Å². The summed E-state index contributed by atoms with van der Waals surface area (Å²) in [7, 11) is 1.57. The molecular formula is C16H13ClFN3O. The number of hydrogen-bond donors (Lipinski definition) is 2. The monoisotopic (exact) mass is 317 g/mol. The number of benzene rings is 2. The zero-order valence-electron chi connectivity index (χ0n) is 11.7. The highest BCUT2D eigenvalue weighted by atomic mass is 35.5. The lowest BCUT2D eigenvalue weighted by Gasteiger charge is -2.11. The molecule has 0 bridgehead atoms. The van der Waals surface area contributed by atoms with Crippen molar-refractivity contribution in [1.29, 1.82) is 0 Å². The van der Waals surface area contributed by atoms with Crippen LogP contribution in [0, 0.1) is 5.82 Å². The van der Waals surface area contributed by atoms with Gasteiger partial charge in [0.1, 0.15) is 17.4 Å². The maximum Gasteiger partial charge on any atom is 0.142 e. The normalized spacial score (nSPS) is 10.7. The minimum atomic E-state index is -0.466. The number of pyridine rings is 1. The molecule has 3 rings (SSSR count). The smallest absolute Gasteiger partial charge is 0.142 e. The Balaban J connectivity index is 2.06. The lowest BCUT2D eigenvalue weighted by Crippen LogP contribution is -1.97. The van der Waals surface area contributed by atoms with Crippen molar-refractivity contribution in [1.82, 2.24) is 4.98 Å². The van der Waals surface area contributed by atoms with E-state index in [0.717, 1.165) is 10.8 Å². The molecule has 0 fully saturated rings. The molecule has 2 aromatic carbocycles. The molecule has 3 aromatic rings. The maximum atomic E-state index is 13.2. The average molecular weight is 318 g/mol. The van der Waals surface area contributed by atoms with Crippen molar-refractivity contribution in [3.05, 3.63) is 53.4 Å². The molecule has 6 heteroatoms. The largest absolute Gasteiger partial charge is 0.495 e. The van der Waals surface area contributed by atoms with Crippen LogP contribution in [0.25, 0.3) is 10.8 Å². The average Bonchev–Trinajstić information content (AvgIpc) is 2.51. The number of methoxy groups -OCH3 is 1. The number of rotatable bonds is 3. The van der Waals surface area contributed by atoms with E-state index in [1.165, 1.54) is 12.1 Å². The van der Waals surface area contributed by atoms with E-state index in [1.54, 1.807) is 25.4 Å². The van der Waals surface area contributed by atoms with Gasteiger partial charge in [-0.25, -0.2) is 9.37 Å². The third-order valence-electron chi connectivity index (χ3n) is 3.30. The fourth-order valence-corrected chi connectivity index (χ4v) is 2.38. The van der Waals surface area contributed by atoms with Crippen molar-refractivity contribution < 1.29 is 9.13 Å². The fraction of sp³-hybridized carbons (Fsp3) is 0.0625. The first-order valence-corrected chi connectivity index (χ1v) is 6.90. The number of nitrogens with two attached hydrogens (primary N) is 1. The Labute approximate surface area is 131 Å². The molecular weight excluding hydrogens is 305 g/mol. The molecule has 0 atom stereocenters. The van der Waals surface area contributed by atoms with Crippen molar-refractivity contribution in [2.24, 2.45) is 0 Å². The Kier molecular flexibility index (Phi) is 3.73. The van der Waals surface area contributed by atoms with E-state index in [-0.39, 0.29) is 5.02 Å². The summed E-state index contributed by atoms with van der Waals surface area (Å²) in [6.45, 7) is 0. The molecule has 0 aliphatic rings. The van der Waals surface area contributed by atoms with Gasteiger partial charge in [-0.3, -0.25) is 0 Å². The van der Waals surface area contributed by atoms with Crippen LogP contribution in [-0.2, 0) is 0 Å². The lowest BCUT2D eigenvalue weighted by atomic mass is 10.1. The van der Waals surface area contributed by atoms with Gasteiger partial charge in [-0.15, -0.1) is 0 Å². The Morgan fingerprint density at radius 3 is 2.77 bits per heavy atom. The molecule has 3 N–H and O–H groups in total. The molecule has 1 heterocycles. The van der Waals surface area contributed by atoms with Gasteiger partial charge < -0.3 is 15.8 Å². The predicted molar refractivity (Wildman–Crippen MR) is 87.4 cm³/mol. The molecule has 0 unspecified atom stereocenters. The van der Waals surface area contributed by atoms with Crippen LogP contribution in [-0.4, -0.2) is 12.1 Å². The van der Waals surface area contributed by atoms with Crippen LogP contribution in [0.2, 0.25) is 5.02 Å². The number of aromatic nitrogens is 1. The SMILES string of the molecule is COc1cc2ccnc(Nc3ccc(F)c(Cl)c3)c2cc1N. The number of halogens is 2. The van der Waals surface area contributed by atoms with Gasteiger partial charge in [0.2, 0.25) is 0 Å². The summed E-state index contributed by atoms with van der Waals surface area (Å²) >= 11 is 5.79. The van der Waals surface area contributed by atoms with Gasteiger partial charge in [-0.2, -0.15) is 0 Å². The van der Waals surface area contributed by atoms with Crippen LogP contribution in [0.4, 0.5) is 21.6 Å². The van der Waals surface area contributed by atoms with Gasteiger partial charge in [-0.1, -0.05) is 11.6 Å². The summed E-state index contributed by atoms with van der Waals surface area (Å²) in [5.74, 6) is 0.746. The quantitative estimate of drug-likeness (QED) is 0.705. The molecule has 4 nitrogen and oxygen atoms in total. The first-order valence-electron chi connectivity index (χ1n) is 6.53. The van der Waals surface area contributed by atoms with Gasteiger partial charge in [0.25, 0.3) is 0 Å². The Bertz CT molecular complexity index is 854. The molecule has 0 aliphatic heterocycles. The van der Waals surface area contributed by atoms with E-state index in [2.05, 4.69) is 10.3 Å². The number of anilines is 3. The van der Waals surface area contributed by atoms with E-state index in [0.29, 0.717) is 22.9 Å². The highest BCUT2D eigenvalue weighted by Crippen LogP contribution is 2.32. The minimum Gasteiger partial charge on any atom is -0.495 e. The van der Waals surface area contributed by atoms with Gasteiger partial charge in [0.05, 0.1) is 17.8 Å². The number of nitrogen functional groups attached to an aromatic ring is 1. The summed E-state index contributed by atoms with van der Waals surface area (Å²) in [6, 6.07) is 9.88. The highest BCUT2D eigenvalue weighted by molar-refractivity contribution is 6.31. The molecule has 1 aromatic heterocycles. The predicted octanol–water partition coefficient (Wildman–Crippen LogP) is 4.36. The van der Waals surface area contributed by atoms with Crippen LogP contribution < -0.4 is 15.8 Å². The van der Waals surface area contributed by atoms with E-state index in [4.69, 9.17) is 22.1 Å². The van der Waals surface area contributed by atoms with Crippen molar-refractivity contribution in [2.75, 3.05) is 18.2 Å². The van der Waals surface area contributed by atoms with Crippen molar-refractivity contribution >= 4 is 39.6 Å². The van der Waals surface area contributed by atoms with Gasteiger partial charge in [0.15, 0.2) is 0 Å². The zero-order chi connectivity index (χ0) is 15.7. The summed E-state index contributed by atoms with van der Waals surface area (Å²) in [6.07, 6.45) is 1.67. The second-order valence-electron chi connectivity index (χ2n) is 4.73. The molecule has 0 radical (unpaired) electrons. The summed E-state index contributed by atoms with van der Waals surface area (Å²) < 4.78 is 18.4. The Morgan fingerprint density at radius 1 is 1.23 bits per heavy atom. The van der Waals surface area contributed by atoms with Crippen LogP contribution in [0.15, 0.2) is 42.6 Å². The number of ether oxygens (including phenoxy) is 1. The van der Waals surface area contributed by atoms with E-state index >= 15 is 0 Å². The topological polar surface area (TPSA) is 60.2 Å². The molecule has 22 heavy (non-hydrogen) atoms. The Hall–Kier alpha value is -2.53. The van der Waals surface area contributed by atoms with Gasteiger partial charge >= 0.3 is 0 Å². The summed E-state index contributed by atoms with van der Waals surface area (Å²) in [4.78, 5) is 4.31. The zero-order valence-corrected chi connectivity index (χ0v) is 12.5. The number of nitrogens with one attached hydrogen (secondary N) is 1. The molecule has 0 amide bonds. The van der Waals surface area contributed by atoms with Crippen molar-refractivity contribution in [3.63, 3.8) is 0 Å². The standard InChI is InChI=1S/C16H13ClFN3O/c1-22-15-6-9-4-5-20-16(11(9)8-14(15)19)21-10-2-3-13(18)12(17)7-10/h2-8H,19H2,1H3,(H,20,21). The lowest BCUT2D eigenvalue weighted by molar-refractivity contribution is 0.417. The molecule has 0 saturated carbocycles. The summed E-state index contributed by atoms with van der Waals surface area (Å²) in [5, 5.41) is 4.93. The number of nitrogens with zero attached hydrogens (tertiary/aromatic N) is 1. The molecule has 112 valence electrons. The van der Waals surface area contributed by atoms with E-state index in [9.17, 15) is 4.39 Å². The third kappa shape index (κ3) is 2.63. The van der Waals surface area contributed by atoms with Crippen LogP contribution in [0.3, 0.4) is 0 Å². The highest BCUT2D eigenvalue weighted by Gasteiger charge is 2.08. The van der Waals surface area contributed by atoms with E-state index in [1.807, 2.05) is 12.1 Å². The molecule has 0 aliphatic carbocycles. The van der Waals surface area contributed by atoms with Crippen LogP contribution in [0.5, 0.6) is 5.75 Å². The third-order valence-corrected chi connectivity index (χ3v) is 3.59.